The van der Waals surface area contributed by atoms with Crippen LogP contribution in [0.4, 0.5) is 0 Å². The number of hydrogen-bond donors (Lipinski definition) is 0. The van der Waals surface area contributed by atoms with Crippen LogP contribution in [-0.2, 0) is 8.85 Å². The summed E-state index contributed by atoms with van der Waals surface area (Å²) >= 11 is 2.28. The monoisotopic (exact) mass is 538 g/mol. The van der Waals surface area contributed by atoms with E-state index in [0.29, 0.717) is 5.92 Å². The highest BCUT2D eigenvalue weighted by molar-refractivity contribution is 14.1. The summed E-state index contributed by atoms with van der Waals surface area (Å²) in [6.45, 7) is 30.0. The van der Waals surface area contributed by atoms with E-state index in [0.717, 1.165) is 6.42 Å². The lowest BCUT2D eigenvalue weighted by Gasteiger charge is -2.42. The third-order valence-corrected chi connectivity index (χ3v) is 16.0. The highest BCUT2D eigenvalue weighted by atomic mass is 127. The van der Waals surface area contributed by atoms with Crippen LogP contribution in [0.5, 0.6) is 0 Å². The van der Waals surface area contributed by atoms with Gasteiger partial charge in [-0.1, -0.05) is 88.8 Å². The molecule has 0 aliphatic heterocycles. The van der Waals surface area contributed by atoms with Crippen molar-refractivity contribution in [2.75, 3.05) is 0 Å². The molecule has 0 aliphatic rings. The summed E-state index contributed by atoms with van der Waals surface area (Å²) in [5, 5.41) is 0.443. The van der Waals surface area contributed by atoms with Gasteiger partial charge >= 0.3 is 0 Å². The third kappa shape index (κ3) is 9.15. The molecule has 0 aliphatic carbocycles. The van der Waals surface area contributed by atoms with Crippen molar-refractivity contribution < 1.29 is 8.85 Å². The summed E-state index contributed by atoms with van der Waals surface area (Å²) in [6, 6.07) is 0. The summed E-state index contributed by atoms with van der Waals surface area (Å²) < 4.78 is 15.6. The van der Waals surface area contributed by atoms with Gasteiger partial charge in [0.05, 0.1) is 6.10 Å². The first-order chi connectivity index (χ1) is 12.3. The quantitative estimate of drug-likeness (QED) is 0.166. The van der Waals surface area contributed by atoms with Gasteiger partial charge in [-0.25, -0.2) is 0 Å². The van der Waals surface area contributed by atoms with E-state index in [1.807, 2.05) is 0 Å². The van der Waals surface area contributed by atoms with E-state index in [4.69, 9.17) is 8.85 Å². The fraction of sp³-hybridized carbons (Fsp3) is 0.826. The van der Waals surface area contributed by atoms with Crippen LogP contribution in [0.25, 0.3) is 0 Å². The van der Waals surface area contributed by atoms with Gasteiger partial charge < -0.3 is 8.85 Å². The highest BCUT2D eigenvalue weighted by Crippen LogP contribution is 2.40. The van der Waals surface area contributed by atoms with Gasteiger partial charge in [0.25, 0.3) is 0 Å². The van der Waals surface area contributed by atoms with E-state index in [-0.39, 0.29) is 22.3 Å². The topological polar surface area (TPSA) is 18.5 Å². The number of hydrogen-bond acceptors (Lipinski definition) is 2. The van der Waals surface area contributed by atoms with Crippen LogP contribution in [0.2, 0.25) is 36.3 Å². The molecule has 0 bridgehead atoms. The summed E-state index contributed by atoms with van der Waals surface area (Å²) in [4.78, 5) is 0. The molecule has 0 aromatic rings. The smallest absolute Gasteiger partial charge is 0.192 e. The van der Waals surface area contributed by atoms with Crippen molar-refractivity contribution in [3.05, 3.63) is 21.8 Å². The first-order valence-electron chi connectivity index (χ1n) is 10.6. The normalized spacial score (nSPS) is 18.4. The molecular formula is C23H47IO2Si2. The third-order valence-electron chi connectivity index (χ3n) is 6.56. The van der Waals surface area contributed by atoms with Crippen LogP contribution in [0.1, 0.15) is 68.7 Å². The fourth-order valence-corrected chi connectivity index (χ4v) is 5.99. The van der Waals surface area contributed by atoms with Crippen molar-refractivity contribution in [2.24, 2.45) is 5.92 Å². The number of halogens is 1. The molecule has 0 aromatic heterocycles. The van der Waals surface area contributed by atoms with E-state index >= 15 is 0 Å². The SMILES string of the molecule is CC(/C=C/I)=C\[C@H](O[Si](C)(C)C(C)(C)C)[C@@H](C)C[C@@H](C)O[Si](C)(C)C(C)(C)C. The van der Waals surface area contributed by atoms with E-state index in [1.54, 1.807) is 0 Å². The fourth-order valence-electron chi connectivity index (χ4n) is 2.63. The Balaban J connectivity index is 5.48. The lowest BCUT2D eigenvalue weighted by molar-refractivity contribution is 0.112. The Morgan fingerprint density at radius 2 is 1.32 bits per heavy atom. The molecular weight excluding hydrogens is 491 g/mol. The Bertz CT molecular complexity index is 540. The Hall–Kier alpha value is 0.564. The molecule has 0 saturated heterocycles. The van der Waals surface area contributed by atoms with E-state index in [9.17, 15) is 0 Å². The maximum Gasteiger partial charge on any atom is 0.192 e. The molecule has 0 saturated carbocycles. The molecule has 3 atom stereocenters. The zero-order chi connectivity index (χ0) is 22.6. The van der Waals surface area contributed by atoms with E-state index in [2.05, 4.69) is 127 Å². The van der Waals surface area contributed by atoms with Gasteiger partial charge in [0.2, 0.25) is 0 Å². The summed E-state index contributed by atoms with van der Waals surface area (Å²) in [5.41, 5.74) is 1.27. The van der Waals surface area contributed by atoms with E-state index < -0.39 is 16.6 Å². The minimum atomic E-state index is -1.85. The summed E-state index contributed by atoms with van der Waals surface area (Å²) in [6.07, 6.45) is 5.86. The predicted molar refractivity (Wildman–Crippen MR) is 141 cm³/mol. The van der Waals surface area contributed by atoms with Gasteiger partial charge in [0.15, 0.2) is 16.6 Å². The van der Waals surface area contributed by atoms with Crippen molar-refractivity contribution in [1.29, 1.82) is 0 Å². The zero-order valence-corrected chi connectivity index (χ0v) is 25.0. The molecule has 0 radical (unpaired) electrons. The van der Waals surface area contributed by atoms with Crippen molar-refractivity contribution >= 4 is 39.2 Å². The van der Waals surface area contributed by atoms with Crippen molar-refractivity contribution in [3.63, 3.8) is 0 Å². The second-order valence-corrected chi connectivity index (χ2v) is 21.7. The minimum Gasteiger partial charge on any atom is -0.414 e. The average Bonchev–Trinajstić information content (AvgIpc) is 2.43. The van der Waals surface area contributed by atoms with Crippen molar-refractivity contribution in [2.45, 2.75) is 117 Å². The maximum absolute atomic E-state index is 6.86. The first kappa shape index (κ1) is 28.6. The molecule has 2 nitrogen and oxygen atoms in total. The molecule has 0 N–H and O–H groups in total. The largest absolute Gasteiger partial charge is 0.414 e. The van der Waals surface area contributed by atoms with Crippen LogP contribution in [0.3, 0.4) is 0 Å². The van der Waals surface area contributed by atoms with Crippen LogP contribution in [0.15, 0.2) is 21.8 Å². The zero-order valence-electron chi connectivity index (χ0n) is 20.9. The van der Waals surface area contributed by atoms with Crippen molar-refractivity contribution in [3.8, 4) is 0 Å². The maximum atomic E-state index is 6.86. The Labute approximate surface area is 192 Å². The molecule has 5 heteroatoms. The van der Waals surface area contributed by atoms with Gasteiger partial charge in [-0.15, -0.1) is 0 Å². The highest BCUT2D eigenvalue weighted by Gasteiger charge is 2.41. The molecule has 0 amide bonds. The molecule has 0 heterocycles. The Morgan fingerprint density at radius 3 is 1.71 bits per heavy atom. The van der Waals surface area contributed by atoms with Crippen LogP contribution in [-0.4, -0.2) is 28.8 Å². The van der Waals surface area contributed by atoms with E-state index in [1.165, 1.54) is 5.57 Å². The van der Waals surface area contributed by atoms with Gasteiger partial charge in [-0.2, -0.15) is 0 Å². The lowest BCUT2D eigenvalue weighted by atomic mass is 9.96. The Kier molecular flexibility index (Phi) is 11.0. The number of allylic oxidation sites excluding steroid dienone is 2. The van der Waals surface area contributed by atoms with Crippen LogP contribution >= 0.6 is 22.6 Å². The minimum absolute atomic E-state index is 0.124. The molecule has 0 rings (SSSR count). The summed E-state index contributed by atoms with van der Waals surface area (Å²) in [7, 11) is -3.60. The second-order valence-electron chi connectivity index (χ2n) is 11.4. The van der Waals surface area contributed by atoms with Gasteiger partial charge in [-0.3, -0.25) is 0 Å². The predicted octanol–water partition coefficient (Wildman–Crippen LogP) is 8.71. The molecule has 166 valence electrons. The average molecular weight is 539 g/mol. The molecule has 0 spiro atoms. The first-order valence-corrected chi connectivity index (χ1v) is 17.7. The molecule has 0 unspecified atom stereocenters. The van der Waals surface area contributed by atoms with Gasteiger partial charge in [0, 0.05) is 6.10 Å². The Morgan fingerprint density at radius 1 is 0.893 bits per heavy atom. The van der Waals surface area contributed by atoms with Crippen molar-refractivity contribution in [1.82, 2.24) is 0 Å². The second kappa shape index (κ2) is 10.7. The molecule has 28 heavy (non-hydrogen) atoms. The molecule has 0 fully saturated rings. The van der Waals surface area contributed by atoms with Gasteiger partial charge in [-0.05, 0) is 66.5 Å². The van der Waals surface area contributed by atoms with Crippen LogP contribution in [0, 0.1) is 5.92 Å². The summed E-state index contributed by atoms with van der Waals surface area (Å²) in [5.74, 6) is 0.409. The number of rotatable bonds is 9. The lowest BCUT2D eigenvalue weighted by Crippen LogP contribution is -2.46. The standard InChI is InChI=1S/C23H47IO2Si2/c1-18(14-15-24)16-21(26-28(12,13)23(7,8)9)19(2)17-20(3)25-27(10,11)22(4,5)6/h14-16,19-21H,17H2,1-13H3/b15-14+,18-16+/t19-,20+,21-/m0/s1. The van der Waals surface area contributed by atoms with Gasteiger partial charge in [0.1, 0.15) is 0 Å². The van der Waals surface area contributed by atoms with Crippen LogP contribution < -0.4 is 0 Å². The molecule has 0 aromatic carbocycles.